The summed E-state index contributed by atoms with van der Waals surface area (Å²) in [4.78, 5) is 13.7. The summed E-state index contributed by atoms with van der Waals surface area (Å²) < 4.78 is 7.18. The molecule has 2 aliphatic heterocycles. The van der Waals surface area contributed by atoms with Gasteiger partial charge in [-0.05, 0) is 29.5 Å². The monoisotopic (exact) mass is 520 g/mol. The van der Waals surface area contributed by atoms with Crippen molar-refractivity contribution in [2.45, 2.75) is 38.0 Å². The fourth-order valence-electron chi connectivity index (χ4n) is 4.81. The minimum Gasteiger partial charge on any atom is -1.00 e. The number of rotatable bonds is 6. The van der Waals surface area contributed by atoms with Gasteiger partial charge in [0, 0.05) is 38.8 Å². The first-order valence-electron chi connectivity index (χ1n) is 10.9. The highest BCUT2D eigenvalue weighted by molar-refractivity contribution is 5.96. The molecule has 0 spiro atoms. The van der Waals surface area contributed by atoms with Crippen LogP contribution < -0.4 is 33.6 Å². The van der Waals surface area contributed by atoms with Crippen LogP contribution in [0.15, 0.2) is 48.5 Å². The van der Waals surface area contributed by atoms with Crippen molar-refractivity contribution < 1.29 is 38.0 Å². The molecule has 0 radical (unpaired) electrons. The highest BCUT2D eigenvalue weighted by Gasteiger charge is 2.30. The minimum atomic E-state index is 0. The molecule has 4 rings (SSSR count). The average molecular weight is 520 g/mol. The van der Waals surface area contributed by atoms with Crippen molar-refractivity contribution in [3.05, 3.63) is 59.7 Å². The molecule has 2 aromatic rings. The number of halogens is 1. The number of hydrogen-bond donors (Lipinski definition) is 0. The molecular weight excluding hydrogens is 487 g/mol. The molecule has 30 heavy (non-hydrogen) atoms. The second-order valence-corrected chi connectivity index (χ2v) is 8.92. The van der Waals surface area contributed by atoms with Gasteiger partial charge in [-0.15, -0.1) is 0 Å². The first kappa shape index (κ1) is 23.1. The van der Waals surface area contributed by atoms with Gasteiger partial charge in [-0.25, -0.2) is 0 Å². The maximum atomic E-state index is 11.9. The molecule has 2 aromatic carbocycles. The number of quaternary nitrogens is 1. The molecule has 2 aliphatic rings. The lowest BCUT2D eigenvalue weighted by molar-refractivity contribution is -0.914. The molecule has 5 heteroatoms. The van der Waals surface area contributed by atoms with Gasteiger partial charge in [-0.2, -0.15) is 0 Å². The van der Waals surface area contributed by atoms with Crippen LogP contribution >= 0.6 is 0 Å². The fourth-order valence-corrected chi connectivity index (χ4v) is 4.81. The first-order chi connectivity index (χ1) is 14.0. The molecule has 1 saturated heterocycles. The van der Waals surface area contributed by atoms with Crippen molar-refractivity contribution in [3.8, 4) is 5.75 Å². The van der Waals surface area contributed by atoms with E-state index < -0.39 is 0 Å². The Morgan fingerprint density at radius 3 is 2.53 bits per heavy atom. The smallest absolute Gasteiger partial charge is 0.227 e. The number of piperidine rings is 1. The number of nitrogens with zero attached hydrogens (tertiary/aromatic N) is 2. The summed E-state index contributed by atoms with van der Waals surface area (Å²) in [7, 11) is 4.24. The molecular formula is C25H33IN2O2. The van der Waals surface area contributed by atoms with Gasteiger partial charge in [0.15, 0.2) is 0 Å². The summed E-state index contributed by atoms with van der Waals surface area (Å²) in [6.45, 7) is 4.37. The normalized spacial score (nSPS) is 23.5. The van der Waals surface area contributed by atoms with E-state index in [-0.39, 0.29) is 29.9 Å². The SMILES string of the molecule is CN1C(=O)CCc2ccc(OCCC[N+]3(C)CCC(c4ccccc4)CC3)cc21.[I-]. The number of ether oxygens (including phenoxy) is 1. The van der Waals surface area contributed by atoms with Crippen molar-refractivity contribution >= 4 is 11.6 Å². The molecule has 162 valence electrons. The summed E-state index contributed by atoms with van der Waals surface area (Å²) in [5.74, 6) is 1.77. The van der Waals surface area contributed by atoms with Crippen molar-refractivity contribution in [3.63, 3.8) is 0 Å². The van der Waals surface area contributed by atoms with E-state index in [9.17, 15) is 4.79 Å². The van der Waals surface area contributed by atoms with Crippen LogP contribution in [0.25, 0.3) is 0 Å². The van der Waals surface area contributed by atoms with Crippen molar-refractivity contribution in [2.24, 2.45) is 0 Å². The topological polar surface area (TPSA) is 29.5 Å². The van der Waals surface area contributed by atoms with E-state index in [1.165, 1.54) is 37.1 Å². The molecule has 1 fully saturated rings. The van der Waals surface area contributed by atoms with Gasteiger partial charge in [0.2, 0.25) is 5.91 Å². The molecule has 0 aliphatic carbocycles. The van der Waals surface area contributed by atoms with Gasteiger partial charge in [-0.3, -0.25) is 4.79 Å². The van der Waals surface area contributed by atoms with Crippen LogP contribution in [0, 0.1) is 0 Å². The minimum absolute atomic E-state index is 0. The number of aryl methyl sites for hydroxylation is 1. The number of carbonyl (C=O) groups excluding carboxylic acids is 1. The summed E-state index contributed by atoms with van der Waals surface area (Å²) in [6, 6.07) is 17.1. The van der Waals surface area contributed by atoms with E-state index in [2.05, 4.69) is 43.4 Å². The third-order valence-electron chi connectivity index (χ3n) is 6.82. The van der Waals surface area contributed by atoms with Crippen LogP contribution in [0.5, 0.6) is 5.75 Å². The standard InChI is InChI=1S/C25H33N2O2.HI/c1-26-24-19-23(11-9-22(24)10-12-25(26)28)29-18-6-15-27(2)16-13-21(14-17-27)20-7-4-3-5-8-20;/h3-5,7-9,11,19,21H,6,10,12-18H2,1-2H3;1H/q+1;/p-1. The van der Waals surface area contributed by atoms with E-state index >= 15 is 0 Å². The average Bonchev–Trinajstić information content (AvgIpc) is 2.75. The summed E-state index contributed by atoms with van der Waals surface area (Å²) in [6.07, 6.45) is 5.03. The quantitative estimate of drug-likeness (QED) is 0.328. The van der Waals surface area contributed by atoms with E-state index in [0.717, 1.165) is 41.9 Å². The van der Waals surface area contributed by atoms with Crippen LogP contribution in [0.1, 0.15) is 42.7 Å². The lowest BCUT2D eigenvalue weighted by Crippen LogP contribution is -3.00. The lowest BCUT2D eigenvalue weighted by atomic mass is 9.88. The van der Waals surface area contributed by atoms with Crippen molar-refractivity contribution in [1.29, 1.82) is 0 Å². The first-order valence-corrected chi connectivity index (χ1v) is 10.9. The Kier molecular flexibility index (Phi) is 7.80. The van der Waals surface area contributed by atoms with E-state index in [4.69, 9.17) is 4.74 Å². The predicted molar refractivity (Wildman–Crippen MR) is 117 cm³/mol. The Hall–Kier alpha value is -1.60. The summed E-state index contributed by atoms with van der Waals surface area (Å²) in [5.41, 5.74) is 3.73. The zero-order chi connectivity index (χ0) is 20.3. The number of benzene rings is 2. The maximum absolute atomic E-state index is 11.9. The number of amides is 1. The van der Waals surface area contributed by atoms with Crippen LogP contribution in [-0.2, 0) is 11.2 Å². The molecule has 0 N–H and O–H groups in total. The Balaban J connectivity index is 0.00000256. The zero-order valence-electron chi connectivity index (χ0n) is 18.1. The van der Waals surface area contributed by atoms with E-state index in [1.807, 2.05) is 19.2 Å². The Morgan fingerprint density at radius 2 is 1.80 bits per heavy atom. The highest BCUT2D eigenvalue weighted by Crippen LogP contribution is 2.32. The van der Waals surface area contributed by atoms with E-state index in [1.54, 1.807) is 4.90 Å². The largest absolute Gasteiger partial charge is 1.00 e. The zero-order valence-corrected chi connectivity index (χ0v) is 20.3. The molecule has 0 bridgehead atoms. The number of hydrogen-bond acceptors (Lipinski definition) is 2. The second kappa shape index (κ2) is 10.1. The van der Waals surface area contributed by atoms with Crippen molar-refractivity contribution in [2.75, 3.05) is 45.2 Å². The molecule has 0 saturated carbocycles. The van der Waals surface area contributed by atoms with Gasteiger partial charge < -0.3 is 38.1 Å². The summed E-state index contributed by atoms with van der Waals surface area (Å²) >= 11 is 0. The summed E-state index contributed by atoms with van der Waals surface area (Å²) in [5, 5.41) is 0. The van der Waals surface area contributed by atoms with Crippen LogP contribution in [0.4, 0.5) is 5.69 Å². The fraction of sp³-hybridized carbons (Fsp3) is 0.480. The number of fused-ring (bicyclic) bond motifs is 1. The number of carbonyl (C=O) groups is 1. The Labute approximate surface area is 197 Å². The molecule has 1 amide bonds. The van der Waals surface area contributed by atoms with Gasteiger partial charge in [-0.1, -0.05) is 36.4 Å². The predicted octanol–water partition coefficient (Wildman–Crippen LogP) is 1.39. The van der Waals surface area contributed by atoms with Gasteiger partial charge in [0.05, 0.1) is 39.0 Å². The maximum Gasteiger partial charge on any atom is 0.227 e. The Bertz CT molecular complexity index is 847. The van der Waals surface area contributed by atoms with Crippen LogP contribution in [-0.4, -0.2) is 50.7 Å². The lowest BCUT2D eigenvalue weighted by Gasteiger charge is -2.40. The molecule has 0 unspecified atom stereocenters. The van der Waals surface area contributed by atoms with Gasteiger partial charge in [0.1, 0.15) is 5.75 Å². The highest BCUT2D eigenvalue weighted by atomic mass is 127. The molecule has 0 aromatic heterocycles. The third kappa shape index (κ3) is 5.35. The van der Waals surface area contributed by atoms with Crippen molar-refractivity contribution in [1.82, 2.24) is 0 Å². The molecule has 4 nitrogen and oxygen atoms in total. The van der Waals surface area contributed by atoms with Gasteiger partial charge >= 0.3 is 0 Å². The number of anilines is 1. The molecule has 2 heterocycles. The third-order valence-corrected chi connectivity index (χ3v) is 6.82. The number of likely N-dealkylation sites (tertiary alicyclic amines) is 1. The van der Waals surface area contributed by atoms with Gasteiger partial charge in [0.25, 0.3) is 0 Å². The second-order valence-electron chi connectivity index (χ2n) is 8.92. The van der Waals surface area contributed by atoms with Crippen LogP contribution in [0.2, 0.25) is 0 Å². The van der Waals surface area contributed by atoms with Crippen LogP contribution in [0.3, 0.4) is 0 Å². The molecule has 0 atom stereocenters. The Morgan fingerprint density at radius 1 is 1.07 bits per heavy atom. The van der Waals surface area contributed by atoms with E-state index in [0.29, 0.717) is 12.3 Å².